The lowest BCUT2D eigenvalue weighted by Gasteiger charge is -2.24. The summed E-state index contributed by atoms with van der Waals surface area (Å²) < 4.78 is 0. The van der Waals surface area contributed by atoms with Crippen LogP contribution in [0.1, 0.15) is 0 Å². The highest BCUT2D eigenvalue weighted by atomic mass is 16.4. The standard InChI is InChI=1S/C6H15NO5/c7-1-3(9)5(11)6(12)4(10)2-8/h3-6,8-12H,1-2,7H2/t3-,4+,5-,6+/m0/s1. The first kappa shape index (κ1) is 11.8. The van der Waals surface area contributed by atoms with Crippen LogP contribution in [0, 0.1) is 0 Å². The average Bonchev–Trinajstić information content (AvgIpc) is 2.12. The van der Waals surface area contributed by atoms with Crippen LogP contribution in [0.5, 0.6) is 0 Å². The highest BCUT2D eigenvalue weighted by Gasteiger charge is 2.28. The van der Waals surface area contributed by atoms with Gasteiger partial charge in [0.2, 0.25) is 0 Å². The minimum absolute atomic E-state index is 0.226. The Morgan fingerprint density at radius 3 is 1.67 bits per heavy atom. The van der Waals surface area contributed by atoms with Crippen LogP contribution in [0.3, 0.4) is 0 Å². The molecule has 0 aliphatic carbocycles. The van der Waals surface area contributed by atoms with Crippen LogP contribution in [0.15, 0.2) is 0 Å². The maximum Gasteiger partial charge on any atom is 0.111 e. The van der Waals surface area contributed by atoms with Crippen molar-refractivity contribution >= 4 is 0 Å². The third-order valence-electron chi connectivity index (χ3n) is 1.57. The van der Waals surface area contributed by atoms with E-state index < -0.39 is 31.0 Å². The molecule has 0 heterocycles. The second kappa shape index (κ2) is 5.41. The molecule has 74 valence electrons. The van der Waals surface area contributed by atoms with Crippen molar-refractivity contribution in [2.75, 3.05) is 13.2 Å². The molecule has 12 heavy (non-hydrogen) atoms. The summed E-state index contributed by atoms with van der Waals surface area (Å²) in [6.45, 7) is -0.911. The van der Waals surface area contributed by atoms with E-state index in [-0.39, 0.29) is 6.54 Å². The summed E-state index contributed by atoms with van der Waals surface area (Å²) in [6.07, 6.45) is -5.91. The van der Waals surface area contributed by atoms with Crippen molar-refractivity contribution in [3.05, 3.63) is 0 Å². The van der Waals surface area contributed by atoms with Gasteiger partial charge >= 0.3 is 0 Å². The molecule has 6 heteroatoms. The maximum absolute atomic E-state index is 9.04. The topological polar surface area (TPSA) is 127 Å². The van der Waals surface area contributed by atoms with Crippen molar-refractivity contribution in [1.29, 1.82) is 0 Å². The van der Waals surface area contributed by atoms with E-state index >= 15 is 0 Å². The molecule has 7 N–H and O–H groups in total. The van der Waals surface area contributed by atoms with Crippen LogP contribution in [0.4, 0.5) is 0 Å². The molecule has 0 radical (unpaired) electrons. The molecule has 0 aromatic heterocycles. The fraction of sp³-hybridized carbons (Fsp3) is 1.00. The zero-order valence-corrected chi connectivity index (χ0v) is 6.54. The Morgan fingerprint density at radius 2 is 1.33 bits per heavy atom. The van der Waals surface area contributed by atoms with Gasteiger partial charge in [0.25, 0.3) is 0 Å². The molecule has 0 aromatic carbocycles. The number of aliphatic hydroxyl groups is 5. The molecule has 0 saturated heterocycles. The Morgan fingerprint density at radius 1 is 0.917 bits per heavy atom. The molecule has 0 aromatic rings. The molecule has 0 amide bonds. The van der Waals surface area contributed by atoms with Gasteiger partial charge in [-0.2, -0.15) is 0 Å². The number of aliphatic hydroxyl groups excluding tert-OH is 5. The summed E-state index contributed by atoms with van der Waals surface area (Å²) in [7, 11) is 0. The fourth-order valence-corrected chi connectivity index (χ4v) is 0.703. The largest absolute Gasteiger partial charge is 0.394 e. The zero-order chi connectivity index (χ0) is 9.72. The van der Waals surface area contributed by atoms with Gasteiger partial charge < -0.3 is 31.3 Å². The van der Waals surface area contributed by atoms with E-state index in [0.717, 1.165) is 0 Å². The summed E-state index contributed by atoms with van der Waals surface area (Å²) >= 11 is 0. The summed E-state index contributed by atoms with van der Waals surface area (Å²) in [5, 5.41) is 44.2. The summed E-state index contributed by atoms with van der Waals surface area (Å²) in [5.41, 5.74) is 4.99. The van der Waals surface area contributed by atoms with Crippen molar-refractivity contribution in [2.24, 2.45) is 5.73 Å². The first-order chi connectivity index (χ1) is 5.54. The van der Waals surface area contributed by atoms with E-state index in [2.05, 4.69) is 0 Å². The second-order valence-corrected chi connectivity index (χ2v) is 2.53. The summed E-state index contributed by atoms with van der Waals surface area (Å²) in [4.78, 5) is 0. The van der Waals surface area contributed by atoms with E-state index in [9.17, 15) is 0 Å². The Labute approximate surface area is 69.9 Å². The van der Waals surface area contributed by atoms with E-state index in [1.54, 1.807) is 0 Å². The van der Waals surface area contributed by atoms with Gasteiger partial charge in [0, 0.05) is 6.54 Å². The Bertz CT molecular complexity index is 109. The molecule has 6 nitrogen and oxygen atoms in total. The molecule has 4 atom stereocenters. The lowest BCUT2D eigenvalue weighted by atomic mass is 10.0. The summed E-state index contributed by atoms with van der Waals surface area (Å²) in [6, 6.07) is 0. The molecule has 0 rings (SSSR count). The van der Waals surface area contributed by atoms with Crippen LogP contribution < -0.4 is 5.73 Å². The third kappa shape index (κ3) is 3.02. The predicted molar refractivity (Wildman–Crippen MR) is 40.2 cm³/mol. The van der Waals surface area contributed by atoms with E-state index in [4.69, 9.17) is 31.3 Å². The van der Waals surface area contributed by atoms with E-state index in [1.807, 2.05) is 0 Å². The highest BCUT2D eigenvalue weighted by Crippen LogP contribution is 2.03. The van der Waals surface area contributed by atoms with Crippen molar-refractivity contribution < 1.29 is 25.5 Å². The molecular formula is C6H15NO5. The molecule has 0 spiro atoms. The van der Waals surface area contributed by atoms with Crippen molar-refractivity contribution in [3.8, 4) is 0 Å². The van der Waals surface area contributed by atoms with Gasteiger partial charge in [-0.25, -0.2) is 0 Å². The van der Waals surface area contributed by atoms with Gasteiger partial charge in [-0.05, 0) is 0 Å². The number of nitrogens with two attached hydrogens (primary N) is 1. The predicted octanol–water partition coefficient (Wildman–Crippen LogP) is -3.62. The van der Waals surface area contributed by atoms with Crippen LogP contribution in [0.25, 0.3) is 0 Å². The molecule has 0 aliphatic rings. The molecule has 0 aliphatic heterocycles. The van der Waals surface area contributed by atoms with Crippen LogP contribution in [-0.4, -0.2) is 63.1 Å². The van der Waals surface area contributed by atoms with Crippen LogP contribution >= 0.6 is 0 Å². The molecule has 0 bridgehead atoms. The first-order valence-electron chi connectivity index (χ1n) is 3.57. The SMILES string of the molecule is NC[C@H](O)[C@H](O)[C@H](O)[C@H](O)CO. The Hall–Kier alpha value is -0.240. The fourth-order valence-electron chi connectivity index (χ4n) is 0.703. The lowest BCUT2D eigenvalue weighted by molar-refractivity contribution is -0.112. The number of hydrogen-bond acceptors (Lipinski definition) is 6. The molecule has 0 saturated carbocycles. The minimum atomic E-state index is -1.59. The Balaban J connectivity index is 3.99. The van der Waals surface area contributed by atoms with E-state index in [0.29, 0.717) is 0 Å². The van der Waals surface area contributed by atoms with Gasteiger partial charge in [-0.3, -0.25) is 0 Å². The van der Waals surface area contributed by atoms with Gasteiger partial charge in [-0.15, -0.1) is 0 Å². The van der Waals surface area contributed by atoms with Gasteiger partial charge in [-0.1, -0.05) is 0 Å². The van der Waals surface area contributed by atoms with Crippen molar-refractivity contribution in [3.63, 3.8) is 0 Å². The molecular weight excluding hydrogens is 166 g/mol. The quantitative estimate of drug-likeness (QED) is 0.260. The molecule has 0 fully saturated rings. The normalized spacial score (nSPS) is 21.5. The molecule has 0 unspecified atom stereocenters. The first-order valence-corrected chi connectivity index (χ1v) is 3.57. The Kier molecular flexibility index (Phi) is 5.31. The number of rotatable bonds is 5. The lowest BCUT2D eigenvalue weighted by Crippen LogP contribution is -2.48. The van der Waals surface area contributed by atoms with Crippen molar-refractivity contribution in [2.45, 2.75) is 24.4 Å². The van der Waals surface area contributed by atoms with Crippen LogP contribution in [0.2, 0.25) is 0 Å². The third-order valence-corrected chi connectivity index (χ3v) is 1.57. The minimum Gasteiger partial charge on any atom is -0.394 e. The number of hydrogen-bond donors (Lipinski definition) is 6. The van der Waals surface area contributed by atoms with Gasteiger partial charge in [0.15, 0.2) is 0 Å². The smallest absolute Gasteiger partial charge is 0.111 e. The monoisotopic (exact) mass is 181 g/mol. The second-order valence-electron chi connectivity index (χ2n) is 2.53. The van der Waals surface area contributed by atoms with Crippen molar-refractivity contribution in [1.82, 2.24) is 0 Å². The summed E-state index contributed by atoms with van der Waals surface area (Å²) in [5.74, 6) is 0. The highest BCUT2D eigenvalue weighted by molar-refractivity contribution is 4.80. The average molecular weight is 181 g/mol. The van der Waals surface area contributed by atoms with E-state index in [1.165, 1.54) is 0 Å². The van der Waals surface area contributed by atoms with Gasteiger partial charge in [0.1, 0.15) is 18.3 Å². The zero-order valence-electron chi connectivity index (χ0n) is 6.54. The maximum atomic E-state index is 9.04. The van der Waals surface area contributed by atoms with Crippen LogP contribution in [-0.2, 0) is 0 Å². The van der Waals surface area contributed by atoms with Gasteiger partial charge in [0.05, 0.1) is 12.7 Å².